The van der Waals surface area contributed by atoms with E-state index in [9.17, 15) is 13.6 Å². The van der Waals surface area contributed by atoms with E-state index in [-0.39, 0.29) is 17.6 Å². The topological polar surface area (TPSA) is 55.6 Å². The highest BCUT2D eigenvalue weighted by Crippen LogP contribution is 2.44. The van der Waals surface area contributed by atoms with Gasteiger partial charge in [0, 0.05) is 25.1 Å². The number of benzene rings is 3. The molecule has 2 aliphatic heterocycles. The third kappa shape index (κ3) is 4.31. The van der Waals surface area contributed by atoms with Crippen molar-refractivity contribution >= 4 is 5.91 Å². The molecule has 1 unspecified atom stereocenters. The second-order valence-corrected chi connectivity index (χ2v) is 9.75. The Bertz CT molecular complexity index is 1180. The molecule has 5 rings (SSSR count). The van der Waals surface area contributed by atoms with Crippen LogP contribution in [0.4, 0.5) is 8.78 Å². The highest BCUT2D eigenvalue weighted by molar-refractivity contribution is 5.91. The van der Waals surface area contributed by atoms with Gasteiger partial charge in [-0.15, -0.1) is 0 Å². The molecule has 0 spiro atoms. The number of hydrogen-bond donors (Lipinski definition) is 1. The lowest BCUT2D eigenvalue weighted by Gasteiger charge is -2.37. The minimum Gasteiger partial charge on any atom is -0.490 e. The maximum Gasteiger partial charge on any atom is 0.232 e. The molecular formula is C29H30F2N2O2. The first-order chi connectivity index (χ1) is 16.9. The third-order valence-corrected chi connectivity index (χ3v) is 7.59. The lowest BCUT2D eigenvalue weighted by atomic mass is 9.64. The summed E-state index contributed by atoms with van der Waals surface area (Å²) in [5.41, 5.74) is 9.62. The molecule has 35 heavy (non-hydrogen) atoms. The van der Waals surface area contributed by atoms with Crippen molar-refractivity contribution in [1.82, 2.24) is 4.90 Å². The smallest absolute Gasteiger partial charge is 0.232 e. The normalized spacial score (nSPS) is 19.2. The van der Waals surface area contributed by atoms with E-state index in [1.54, 1.807) is 18.2 Å². The first kappa shape index (κ1) is 23.5. The van der Waals surface area contributed by atoms with E-state index in [0.29, 0.717) is 30.9 Å². The number of carbonyl (C=O) groups is 1. The second kappa shape index (κ2) is 9.42. The zero-order valence-electron chi connectivity index (χ0n) is 19.9. The number of rotatable bonds is 7. The van der Waals surface area contributed by atoms with Gasteiger partial charge in [-0.3, -0.25) is 4.79 Å². The van der Waals surface area contributed by atoms with Crippen LogP contribution in [0.25, 0.3) is 0 Å². The van der Waals surface area contributed by atoms with Gasteiger partial charge in [-0.1, -0.05) is 48.0 Å². The van der Waals surface area contributed by atoms with Crippen LogP contribution in [0.15, 0.2) is 60.7 Å². The number of ether oxygens (including phenoxy) is 1. The number of amides is 1. The summed E-state index contributed by atoms with van der Waals surface area (Å²) in [7, 11) is 0. The van der Waals surface area contributed by atoms with Crippen LogP contribution < -0.4 is 10.5 Å². The third-order valence-electron chi connectivity index (χ3n) is 7.59. The number of halogens is 2. The summed E-state index contributed by atoms with van der Waals surface area (Å²) in [6.07, 6.45) is 2.23. The van der Waals surface area contributed by atoms with Crippen LogP contribution >= 0.6 is 0 Å². The Kier molecular flexibility index (Phi) is 6.32. The van der Waals surface area contributed by atoms with Crippen molar-refractivity contribution in [3.63, 3.8) is 0 Å². The Balaban J connectivity index is 1.41. The van der Waals surface area contributed by atoms with Crippen LogP contribution in [0.2, 0.25) is 0 Å². The predicted octanol–water partition coefficient (Wildman–Crippen LogP) is 4.54. The molecule has 2 atom stereocenters. The zero-order valence-corrected chi connectivity index (χ0v) is 19.9. The molecule has 0 bridgehead atoms. The molecule has 3 aromatic rings. The highest BCUT2D eigenvalue weighted by Gasteiger charge is 2.49. The summed E-state index contributed by atoms with van der Waals surface area (Å²) in [4.78, 5) is 15.6. The number of hydrogen-bond acceptors (Lipinski definition) is 3. The van der Waals surface area contributed by atoms with E-state index >= 15 is 0 Å². The Morgan fingerprint density at radius 1 is 1.09 bits per heavy atom. The molecule has 1 fully saturated rings. The monoisotopic (exact) mass is 476 g/mol. The minimum atomic E-state index is -1.06. The SMILES string of the molecule is Cc1ccc(C(C(N)=O)(c2ccc(F)cc2)[C@@H]2CCN(CCc3cc(F)c4c(c3)CCO4)C2)cc1. The van der Waals surface area contributed by atoms with Crippen molar-refractivity contribution < 1.29 is 18.3 Å². The van der Waals surface area contributed by atoms with Crippen molar-refractivity contribution in [3.8, 4) is 5.75 Å². The molecule has 2 aliphatic rings. The highest BCUT2D eigenvalue weighted by atomic mass is 19.1. The largest absolute Gasteiger partial charge is 0.490 e. The molecule has 3 aromatic carbocycles. The van der Waals surface area contributed by atoms with Gasteiger partial charge < -0.3 is 15.4 Å². The van der Waals surface area contributed by atoms with Crippen LogP contribution in [0.1, 0.15) is 34.2 Å². The van der Waals surface area contributed by atoms with Crippen molar-refractivity contribution in [2.24, 2.45) is 11.7 Å². The lowest BCUT2D eigenvalue weighted by Crippen LogP contribution is -2.49. The van der Waals surface area contributed by atoms with E-state index in [1.165, 1.54) is 12.1 Å². The molecule has 2 N–H and O–H groups in total. The van der Waals surface area contributed by atoms with Gasteiger partial charge in [-0.05, 0) is 67.1 Å². The number of primary amides is 1. The molecule has 4 nitrogen and oxygen atoms in total. The summed E-state index contributed by atoms with van der Waals surface area (Å²) in [5, 5.41) is 0. The Labute approximate surface area is 204 Å². The van der Waals surface area contributed by atoms with Gasteiger partial charge in [0.2, 0.25) is 5.91 Å². The standard InChI is InChI=1S/C29H30F2N2O2/c1-19-2-4-22(5-3-19)29(28(32)34,23-6-8-25(30)9-7-23)24-11-14-33(18-24)13-10-20-16-21-12-15-35-27(21)26(31)17-20/h2-9,16-17,24H,10-15,18H2,1H3,(H2,32,34)/t24-,29?/m1/s1. The van der Waals surface area contributed by atoms with Crippen molar-refractivity contribution in [1.29, 1.82) is 0 Å². The summed E-state index contributed by atoms with van der Waals surface area (Å²) >= 11 is 0. The molecule has 6 heteroatoms. The Morgan fingerprint density at radius 2 is 1.77 bits per heavy atom. The molecule has 182 valence electrons. The van der Waals surface area contributed by atoms with Crippen LogP contribution in [0.3, 0.4) is 0 Å². The van der Waals surface area contributed by atoms with Gasteiger partial charge in [0.05, 0.1) is 6.61 Å². The summed E-state index contributed by atoms with van der Waals surface area (Å²) < 4.78 is 33.5. The van der Waals surface area contributed by atoms with E-state index in [2.05, 4.69) is 4.90 Å². The van der Waals surface area contributed by atoms with Crippen LogP contribution in [-0.4, -0.2) is 37.0 Å². The molecule has 0 saturated carbocycles. The zero-order chi connectivity index (χ0) is 24.6. The summed E-state index contributed by atoms with van der Waals surface area (Å²) in [5.74, 6) is -0.758. The average Bonchev–Trinajstić information content (AvgIpc) is 3.51. The maximum atomic E-state index is 14.4. The quantitative estimate of drug-likeness (QED) is 0.545. The van der Waals surface area contributed by atoms with Gasteiger partial charge in [0.25, 0.3) is 0 Å². The van der Waals surface area contributed by atoms with Crippen LogP contribution in [0.5, 0.6) is 5.75 Å². The van der Waals surface area contributed by atoms with Gasteiger partial charge in [0.1, 0.15) is 11.2 Å². The molecule has 2 heterocycles. The fourth-order valence-corrected chi connectivity index (χ4v) is 5.80. The molecule has 0 radical (unpaired) electrons. The number of nitrogens with two attached hydrogens (primary N) is 1. The van der Waals surface area contributed by atoms with E-state index < -0.39 is 11.3 Å². The predicted molar refractivity (Wildman–Crippen MR) is 131 cm³/mol. The molecule has 0 aromatic heterocycles. The maximum absolute atomic E-state index is 14.4. The van der Waals surface area contributed by atoms with Gasteiger partial charge in [0.15, 0.2) is 11.6 Å². The molecular weight excluding hydrogens is 446 g/mol. The first-order valence-electron chi connectivity index (χ1n) is 12.2. The fraction of sp³-hybridized carbons (Fsp3) is 0.345. The van der Waals surface area contributed by atoms with Crippen molar-refractivity contribution in [3.05, 3.63) is 100 Å². The molecule has 1 amide bonds. The number of likely N-dealkylation sites (tertiary alicyclic amines) is 1. The Morgan fingerprint density at radius 3 is 2.46 bits per heavy atom. The lowest BCUT2D eigenvalue weighted by molar-refractivity contribution is -0.123. The summed E-state index contributed by atoms with van der Waals surface area (Å²) in [6.45, 7) is 4.76. The van der Waals surface area contributed by atoms with Gasteiger partial charge >= 0.3 is 0 Å². The van der Waals surface area contributed by atoms with Crippen LogP contribution in [-0.2, 0) is 23.1 Å². The van der Waals surface area contributed by atoms with Crippen molar-refractivity contribution in [2.75, 3.05) is 26.2 Å². The fourth-order valence-electron chi connectivity index (χ4n) is 5.80. The average molecular weight is 477 g/mol. The molecule has 1 saturated heterocycles. The van der Waals surface area contributed by atoms with E-state index in [1.807, 2.05) is 37.3 Å². The second-order valence-electron chi connectivity index (χ2n) is 9.75. The van der Waals surface area contributed by atoms with E-state index in [4.69, 9.17) is 10.5 Å². The minimum absolute atomic E-state index is 0.0710. The van der Waals surface area contributed by atoms with Gasteiger partial charge in [-0.2, -0.15) is 0 Å². The molecule has 0 aliphatic carbocycles. The van der Waals surface area contributed by atoms with Gasteiger partial charge in [-0.25, -0.2) is 8.78 Å². The number of carbonyl (C=O) groups excluding carboxylic acids is 1. The van der Waals surface area contributed by atoms with Crippen molar-refractivity contribution in [2.45, 2.75) is 31.6 Å². The number of fused-ring (bicyclic) bond motifs is 1. The van der Waals surface area contributed by atoms with Crippen LogP contribution in [0, 0.1) is 24.5 Å². The summed E-state index contributed by atoms with van der Waals surface area (Å²) in [6, 6.07) is 17.6. The first-order valence-corrected chi connectivity index (χ1v) is 12.2. The Hall–Kier alpha value is -3.25. The number of aryl methyl sites for hydroxylation is 1. The van der Waals surface area contributed by atoms with E-state index in [0.717, 1.165) is 48.2 Å². The number of nitrogens with zero attached hydrogens (tertiary/aromatic N) is 1.